The molecule has 0 radical (unpaired) electrons. The zero-order valence-electron chi connectivity index (χ0n) is 12.6. The maximum Gasteiger partial charge on any atom is 0.109 e. The standard InChI is InChI=1S/C16H29N3/c1-3-18-16(13-17)9-4-5-15(16)8-12-19-10-6-14(2)7-11-19/h14-15,18H,3-12H2,1-2H3. The largest absolute Gasteiger partial charge is 0.303 e. The highest BCUT2D eigenvalue weighted by atomic mass is 15.1. The van der Waals surface area contributed by atoms with Crippen LogP contribution < -0.4 is 5.32 Å². The van der Waals surface area contributed by atoms with Crippen LogP contribution in [0.15, 0.2) is 0 Å². The zero-order chi connectivity index (χ0) is 13.7. The monoisotopic (exact) mass is 263 g/mol. The molecule has 0 bridgehead atoms. The van der Waals surface area contributed by atoms with Gasteiger partial charge in [-0.05, 0) is 70.1 Å². The van der Waals surface area contributed by atoms with Crippen molar-refractivity contribution >= 4 is 0 Å². The third kappa shape index (κ3) is 3.49. The molecule has 0 spiro atoms. The van der Waals surface area contributed by atoms with Crippen LogP contribution in [0.2, 0.25) is 0 Å². The summed E-state index contributed by atoms with van der Waals surface area (Å²) in [5, 5.41) is 13.0. The molecule has 2 fully saturated rings. The number of nitrogens with zero attached hydrogens (tertiary/aromatic N) is 2. The van der Waals surface area contributed by atoms with E-state index in [-0.39, 0.29) is 5.54 Å². The van der Waals surface area contributed by atoms with Crippen molar-refractivity contribution in [3.05, 3.63) is 0 Å². The smallest absolute Gasteiger partial charge is 0.109 e. The zero-order valence-corrected chi connectivity index (χ0v) is 12.6. The van der Waals surface area contributed by atoms with Crippen LogP contribution in [0.1, 0.15) is 52.4 Å². The van der Waals surface area contributed by atoms with Crippen LogP contribution in [0.3, 0.4) is 0 Å². The normalized spacial score (nSPS) is 33.4. The van der Waals surface area contributed by atoms with E-state index in [2.05, 4.69) is 30.1 Å². The third-order valence-electron chi connectivity index (χ3n) is 5.18. The lowest BCUT2D eigenvalue weighted by Gasteiger charge is -2.34. The second-order valence-corrected chi connectivity index (χ2v) is 6.52. The number of nitrogens with one attached hydrogen (secondary N) is 1. The first kappa shape index (κ1) is 14.8. The SMILES string of the molecule is CCNC1(C#N)CCCC1CCN1CCC(C)CC1. The van der Waals surface area contributed by atoms with Gasteiger partial charge in [0, 0.05) is 0 Å². The third-order valence-corrected chi connectivity index (χ3v) is 5.18. The van der Waals surface area contributed by atoms with Crippen LogP contribution in [0.25, 0.3) is 0 Å². The van der Waals surface area contributed by atoms with Gasteiger partial charge >= 0.3 is 0 Å². The van der Waals surface area contributed by atoms with Crippen LogP contribution >= 0.6 is 0 Å². The molecule has 3 heteroatoms. The van der Waals surface area contributed by atoms with Crippen LogP contribution in [0.5, 0.6) is 0 Å². The summed E-state index contributed by atoms with van der Waals surface area (Å²) in [5.41, 5.74) is -0.224. The van der Waals surface area contributed by atoms with E-state index in [0.29, 0.717) is 5.92 Å². The summed E-state index contributed by atoms with van der Waals surface area (Å²) in [4.78, 5) is 2.60. The van der Waals surface area contributed by atoms with Gasteiger partial charge in [0.25, 0.3) is 0 Å². The van der Waals surface area contributed by atoms with Gasteiger partial charge < -0.3 is 4.90 Å². The number of nitriles is 1. The first-order valence-electron chi connectivity index (χ1n) is 8.09. The van der Waals surface area contributed by atoms with Gasteiger partial charge in [-0.15, -0.1) is 0 Å². The predicted octanol–water partition coefficient (Wildman–Crippen LogP) is 2.78. The van der Waals surface area contributed by atoms with Crippen molar-refractivity contribution in [2.75, 3.05) is 26.2 Å². The Hall–Kier alpha value is -0.590. The highest BCUT2D eigenvalue weighted by molar-refractivity contribution is 5.14. The van der Waals surface area contributed by atoms with Crippen molar-refractivity contribution in [2.45, 2.75) is 57.9 Å². The molecule has 1 saturated carbocycles. The minimum atomic E-state index is -0.224. The fraction of sp³-hybridized carbons (Fsp3) is 0.938. The Morgan fingerprint density at radius 3 is 2.68 bits per heavy atom. The highest BCUT2D eigenvalue weighted by Crippen LogP contribution is 2.37. The van der Waals surface area contributed by atoms with E-state index in [0.717, 1.165) is 18.9 Å². The molecule has 2 aliphatic rings. The summed E-state index contributed by atoms with van der Waals surface area (Å²) in [7, 11) is 0. The van der Waals surface area contributed by atoms with Crippen LogP contribution in [-0.2, 0) is 0 Å². The molecule has 2 unspecified atom stereocenters. The summed E-state index contributed by atoms with van der Waals surface area (Å²) < 4.78 is 0. The molecular formula is C16H29N3. The quantitative estimate of drug-likeness (QED) is 0.829. The summed E-state index contributed by atoms with van der Waals surface area (Å²) >= 11 is 0. The van der Waals surface area contributed by atoms with Gasteiger partial charge in [-0.1, -0.05) is 20.3 Å². The summed E-state index contributed by atoms with van der Waals surface area (Å²) in [6.07, 6.45) is 7.36. The van der Waals surface area contributed by atoms with Gasteiger partial charge in [0.1, 0.15) is 5.54 Å². The lowest BCUT2D eigenvalue weighted by molar-refractivity contribution is 0.171. The first-order valence-corrected chi connectivity index (χ1v) is 8.09. The molecule has 0 aromatic rings. The Morgan fingerprint density at radius 2 is 2.05 bits per heavy atom. The van der Waals surface area contributed by atoms with E-state index < -0.39 is 0 Å². The average Bonchev–Trinajstić information content (AvgIpc) is 2.82. The van der Waals surface area contributed by atoms with E-state index in [1.165, 1.54) is 51.7 Å². The molecule has 1 N–H and O–H groups in total. The van der Waals surface area contributed by atoms with Crippen molar-refractivity contribution in [1.82, 2.24) is 10.2 Å². The van der Waals surface area contributed by atoms with Gasteiger partial charge in [0.15, 0.2) is 0 Å². The molecular weight excluding hydrogens is 234 g/mol. The molecule has 0 aromatic heterocycles. The summed E-state index contributed by atoms with van der Waals surface area (Å²) in [5.74, 6) is 1.46. The topological polar surface area (TPSA) is 39.1 Å². The number of hydrogen-bond acceptors (Lipinski definition) is 3. The van der Waals surface area contributed by atoms with E-state index in [4.69, 9.17) is 0 Å². The Kier molecular flexibility index (Phi) is 5.24. The fourth-order valence-electron chi connectivity index (χ4n) is 3.83. The van der Waals surface area contributed by atoms with Gasteiger partial charge in [-0.3, -0.25) is 5.32 Å². The minimum Gasteiger partial charge on any atom is -0.303 e. The average molecular weight is 263 g/mol. The number of hydrogen-bond donors (Lipinski definition) is 1. The van der Waals surface area contributed by atoms with Crippen molar-refractivity contribution in [3.63, 3.8) is 0 Å². The molecule has 19 heavy (non-hydrogen) atoms. The molecule has 108 valence electrons. The Labute approximate surface area is 118 Å². The Balaban J connectivity index is 1.83. The number of likely N-dealkylation sites (tertiary alicyclic amines) is 1. The molecule has 1 heterocycles. The number of rotatable bonds is 5. The molecule has 0 amide bonds. The molecule has 1 saturated heterocycles. The molecule has 3 nitrogen and oxygen atoms in total. The predicted molar refractivity (Wildman–Crippen MR) is 78.8 cm³/mol. The van der Waals surface area contributed by atoms with E-state index in [9.17, 15) is 5.26 Å². The lowest BCUT2D eigenvalue weighted by atomic mass is 9.85. The molecule has 0 aromatic carbocycles. The van der Waals surface area contributed by atoms with E-state index in [1.807, 2.05) is 0 Å². The summed E-state index contributed by atoms with van der Waals surface area (Å²) in [6, 6.07) is 2.59. The Bertz CT molecular complexity index is 314. The number of piperidine rings is 1. The lowest BCUT2D eigenvalue weighted by Crippen LogP contribution is -2.48. The Morgan fingerprint density at radius 1 is 1.32 bits per heavy atom. The molecule has 1 aliphatic heterocycles. The van der Waals surface area contributed by atoms with Gasteiger partial charge in [-0.25, -0.2) is 0 Å². The van der Waals surface area contributed by atoms with E-state index >= 15 is 0 Å². The van der Waals surface area contributed by atoms with Crippen LogP contribution in [0, 0.1) is 23.2 Å². The van der Waals surface area contributed by atoms with Crippen molar-refractivity contribution in [1.29, 1.82) is 5.26 Å². The second-order valence-electron chi connectivity index (χ2n) is 6.52. The van der Waals surface area contributed by atoms with Gasteiger partial charge in [-0.2, -0.15) is 5.26 Å². The molecule has 2 atom stereocenters. The minimum absolute atomic E-state index is 0.224. The van der Waals surface area contributed by atoms with Gasteiger partial charge in [0.05, 0.1) is 6.07 Å². The van der Waals surface area contributed by atoms with Crippen molar-refractivity contribution in [2.24, 2.45) is 11.8 Å². The van der Waals surface area contributed by atoms with Crippen LogP contribution in [0.4, 0.5) is 0 Å². The van der Waals surface area contributed by atoms with Crippen molar-refractivity contribution < 1.29 is 0 Å². The first-order chi connectivity index (χ1) is 9.20. The van der Waals surface area contributed by atoms with E-state index in [1.54, 1.807) is 0 Å². The molecule has 2 rings (SSSR count). The summed E-state index contributed by atoms with van der Waals surface area (Å²) in [6.45, 7) is 9.08. The fourth-order valence-corrected chi connectivity index (χ4v) is 3.83. The maximum atomic E-state index is 9.56. The highest BCUT2D eigenvalue weighted by Gasteiger charge is 2.42. The second kappa shape index (κ2) is 6.72. The molecule has 1 aliphatic carbocycles. The maximum absolute atomic E-state index is 9.56. The van der Waals surface area contributed by atoms with Crippen molar-refractivity contribution in [3.8, 4) is 6.07 Å². The van der Waals surface area contributed by atoms with Gasteiger partial charge in [0.2, 0.25) is 0 Å². The van der Waals surface area contributed by atoms with Crippen LogP contribution in [-0.4, -0.2) is 36.6 Å².